The van der Waals surface area contributed by atoms with Gasteiger partial charge in [-0.25, -0.2) is 13.2 Å². The van der Waals surface area contributed by atoms with Gasteiger partial charge in [0.05, 0.1) is 22.9 Å². The number of amides is 1. The number of aryl methyl sites for hydroxylation is 1. The minimum atomic E-state index is -4.20. The largest absolute Gasteiger partial charge is 0.478 e. The van der Waals surface area contributed by atoms with Gasteiger partial charge in [-0.2, -0.15) is 5.26 Å². The van der Waals surface area contributed by atoms with Gasteiger partial charge in [-0.1, -0.05) is 30.3 Å². The van der Waals surface area contributed by atoms with Crippen molar-refractivity contribution in [2.45, 2.75) is 30.6 Å². The predicted molar refractivity (Wildman–Crippen MR) is 134 cm³/mol. The SMILES string of the molecule is Cc1ccc(C(=O)N2CCC(c3ccc(C#N)cc3)CC2)cc1NS(=O)(=O)c1ccccc1C(=O)O. The highest BCUT2D eigenvalue weighted by atomic mass is 32.2. The van der Waals surface area contributed by atoms with Crippen LogP contribution in [0.3, 0.4) is 0 Å². The average molecular weight is 504 g/mol. The van der Waals surface area contributed by atoms with Gasteiger partial charge >= 0.3 is 5.97 Å². The normalized spacial score (nSPS) is 14.2. The number of carboxylic acid groups (broad SMARTS) is 1. The Labute approximate surface area is 209 Å². The Morgan fingerprint density at radius 2 is 1.69 bits per heavy atom. The monoisotopic (exact) mass is 503 g/mol. The molecule has 0 atom stereocenters. The standard InChI is InChI=1S/C27H25N3O5S/c1-18-6-9-22(16-24(18)29-36(34,35)25-5-3-2-4-23(25)27(32)33)26(31)30-14-12-21(13-15-30)20-10-7-19(17-28)8-11-20/h2-11,16,21,29H,12-15H2,1H3,(H,32,33). The molecule has 3 aromatic rings. The molecule has 0 bridgehead atoms. The van der Waals surface area contributed by atoms with E-state index in [0.717, 1.165) is 18.4 Å². The van der Waals surface area contributed by atoms with Crippen LogP contribution < -0.4 is 4.72 Å². The second-order valence-corrected chi connectivity index (χ2v) is 10.4. The van der Waals surface area contributed by atoms with Crippen LogP contribution in [0.15, 0.2) is 71.6 Å². The van der Waals surface area contributed by atoms with Gasteiger partial charge in [-0.3, -0.25) is 9.52 Å². The summed E-state index contributed by atoms with van der Waals surface area (Å²) in [5.74, 6) is -1.24. The molecule has 9 heteroatoms. The number of nitrogens with zero attached hydrogens (tertiary/aromatic N) is 2. The Bertz CT molecular complexity index is 1450. The van der Waals surface area contributed by atoms with Crippen LogP contribution in [0.5, 0.6) is 0 Å². The molecule has 2 N–H and O–H groups in total. The third-order valence-electron chi connectivity index (χ3n) is 6.43. The molecule has 0 aromatic heterocycles. The summed E-state index contributed by atoms with van der Waals surface area (Å²) in [5.41, 5.74) is 2.59. The molecule has 0 unspecified atom stereocenters. The van der Waals surface area contributed by atoms with E-state index in [-0.39, 0.29) is 22.1 Å². The molecule has 0 aliphatic carbocycles. The summed E-state index contributed by atoms with van der Waals surface area (Å²) in [6.07, 6.45) is 1.57. The summed E-state index contributed by atoms with van der Waals surface area (Å²) >= 11 is 0. The molecule has 1 saturated heterocycles. The number of anilines is 1. The van der Waals surface area contributed by atoms with Gasteiger partial charge in [-0.15, -0.1) is 0 Å². The predicted octanol–water partition coefficient (Wildman–Crippen LogP) is 4.39. The molecule has 8 nitrogen and oxygen atoms in total. The maximum Gasteiger partial charge on any atom is 0.337 e. The zero-order valence-electron chi connectivity index (χ0n) is 19.6. The number of nitrogens with one attached hydrogen (secondary N) is 1. The highest BCUT2D eigenvalue weighted by Gasteiger charge is 2.26. The molecule has 4 rings (SSSR count). The molecule has 0 radical (unpaired) electrons. The summed E-state index contributed by atoms with van der Waals surface area (Å²) in [6.45, 7) is 2.83. The van der Waals surface area contributed by atoms with Gasteiger partial charge < -0.3 is 10.0 Å². The van der Waals surface area contributed by atoms with Crippen molar-refractivity contribution in [3.63, 3.8) is 0 Å². The van der Waals surface area contributed by atoms with Gasteiger partial charge in [-0.05, 0) is 73.2 Å². The molecular weight excluding hydrogens is 478 g/mol. The highest BCUT2D eigenvalue weighted by molar-refractivity contribution is 7.92. The van der Waals surface area contributed by atoms with E-state index in [4.69, 9.17) is 5.26 Å². The summed E-state index contributed by atoms with van der Waals surface area (Å²) in [7, 11) is -4.20. The lowest BCUT2D eigenvalue weighted by Gasteiger charge is -2.32. The fourth-order valence-electron chi connectivity index (χ4n) is 4.37. The van der Waals surface area contributed by atoms with Gasteiger partial charge in [0, 0.05) is 18.7 Å². The lowest BCUT2D eigenvalue weighted by atomic mass is 9.89. The van der Waals surface area contributed by atoms with Crippen molar-refractivity contribution < 1.29 is 23.1 Å². The van der Waals surface area contributed by atoms with E-state index in [2.05, 4.69) is 10.8 Å². The molecule has 1 amide bonds. The van der Waals surface area contributed by atoms with Crippen LogP contribution in [0.1, 0.15) is 56.2 Å². The first-order valence-electron chi connectivity index (χ1n) is 11.4. The van der Waals surface area contributed by atoms with Crippen LogP contribution >= 0.6 is 0 Å². The van der Waals surface area contributed by atoms with Crippen molar-refractivity contribution in [1.82, 2.24) is 4.90 Å². The van der Waals surface area contributed by atoms with Crippen molar-refractivity contribution in [2.24, 2.45) is 0 Å². The van der Waals surface area contributed by atoms with Crippen LogP contribution in [0, 0.1) is 18.3 Å². The molecule has 0 spiro atoms. The number of piperidine rings is 1. The minimum absolute atomic E-state index is 0.195. The second kappa shape index (κ2) is 10.2. The second-order valence-electron chi connectivity index (χ2n) is 8.74. The Morgan fingerprint density at radius 3 is 2.33 bits per heavy atom. The van der Waals surface area contributed by atoms with Crippen LogP contribution in [-0.2, 0) is 10.0 Å². The van der Waals surface area contributed by atoms with Gasteiger partial charge in [0.25, 0.3) is 15.9 Å². The topological polar surface area (TPSA) is 128 Å². The lowest BCUT2D eigenvalue weighted by Crippen LogP contribution is -2.38. The van der Waals surface area contributed by atoms with Crippen molar-refractivity contribution in [2.75, 3.05) is 17.8 Å². The number of sulfonamides is 1. The smallest absolute Gasteiger partial charge is 0.337 e. The van der Waals surface area contributed by atoms with E-state index >= 15 is 0 Å². The number of rotatable bonds is 6. The molecule has 3 aromatic carbocycles. The van der Waals surface area contributed by atoms with E-state index in [1.807, 2.05) is 12.1 Å². The van der Waals surface area contributed by atoms with E-state index in [1.165, 1.54) is 30.3 Å². The Balaban J connectivity index is 1.49. The quantitative estimate of drug-likeness (QED) is 0.514. The number of benzene rings is 3. The zero-order chi connectivity index (χ0) is 25.9. The van der Waals surface area contributed by atoms with E-state index < -0.39 is 16.0 Å². The molecular formula is C27H25N3O5S. The molecule has 1 aliphatic rings. The summed E-state index contributed by atoms with van der Waals surface area (Å²) in [5, 5.41) is 18.3. The molecule has 1 aliphatic heterocycles. The Kier molecular flexibility index (Phi) is 7.08. The summed E-state index contributed by atoms with van der Waals surface area (Å²) in [4.78, 5) is 26.1. The van der Waals surface area contributed by atoms with Crippen molar-refractivity contribution >= 4 is 27.6 Å². The fourth-order valence-corrected chi connectivity index (χ4v) is 5.69. The number of likely N-dealkylation sites (tertiary alicyclic amines) is 1. The van der Waals surface area contributed by atoms with Crippen molar-refractivity contribution in [1.29, 1.82) is 5.26 Å². The minimum Gasteiger partial charge on any atom is -0.478 e. The number of nitriles is 1. The Morgan fingerprint density at radius 1 is 1.03 bits per heavy atom. The van der Waals surface area contributed by atoms with Crippen molar-refractivity contribution in [3.05, 3.63) is 94.5 Å². The van der Waals surface area contributed by atoms with Crippen LogP contribution in [0.4, 0.5) is 5.69 Å². The van der Waals surface area contributed by atoms with Crippen LogP contribution in [-0.4, -0.2) is 43.4 Å². The average Bonchev–Trinajstić information content (AvgIpc) is 2.89. The number of aromatic carboxylic acids is 1. The third-order valence-corrected chi connectivity index (χ3v) is 7.85. The maximum atomic E-state index is 13.2. The first-order chi connectivity index (χ1) is 17.2. The summed E-state index contributed by atoms with van der Waals surface area (Å²) < 4.78 is 28.4. The fraction of sp³-hybridized carbons (Fsp3) is 0.222. The zero-order valence-corrected chi connectivity index (χ0v) is 20.5. The van der Waals surface area contributed by atoms with E-state index in [9.17, 15) is 23.1 Å². The van der Waals surface area contributed by atoms with Crippen LogP contribution in [0.25, 0.3) is 0 Å². The first-order valence-corrected chi connectivity index (χ1v) is 12.9. The molecule has 1 heterocycles. The molecule has 36 heavy (non-hydrogen) atoms. The summed E-state index contributed by atoms with van der Waals surface area (Å²) in [6, 6.07) is 19.8. The maximum absolute atomic E-state index is 13.2. The lowest BCUT2D eigenvalue weighted by molar-refractivity contribution is 0.0689. The number of carboxylic acids is 1. The third kappa shape index (κ3) is 5.24. The number of hydrogen-bond donors (Lipinski definition) is 2. The van der Waals surface area contributed by atoms with Gasteiger partial charge in [0.2, 0.25) is 0 Å². The number of hydrogen-bond acceptors (Lipinski definition) is 5. The van der Waals surface area contributed by atoms with E-state index in [1.54, 1.807) is 36.1 Å². The van der Waals surface area contributed by atoms with Gasteiger partial charge in [0.1, 0.15) is 4.90 Å². The molecule has 0 saturated carbocycles. The van der Waals surface area contributed by atoms with E-state index in [0.29, 0.717) is 35.7 Å². The molecule has 1 fully saturated rings. The number of carbonyl (C=O) groups excluding carboxylic acids is 1. The molecule has 184 valence electrons. The number of carbonyl (C=O) groups is 2. The van der Waals surface area contributed by atoms with Crippen molar-refractivity contribution in [3.8, 4) is 6.07 Å². The van der Waals surface area contributed by atoms with Crippen LogP contribution in [0.2, 0.25) is 0 Å². The highest BCUT2D eigenvalue weighted by Crippen LogP contribution is 2.30. The first kappa shape index (κ1) is 24.9. The van der Waals surface area contributed by atoms with Gasteiger partial charge in [0.15, 0.2) is 0 Å². The Hall–Kier alpha value is -4.16.